The van der Waals surface area contributed by atoms with Crippen LogP contribution in [0.3, 0.4) is 0 Å². The monoisotopic (exact) mass is 530 g/mol. The van der Waals surface area contributed by atoms with E-state index in [0.717, 1.165) is 17.4 Å². The Kier molecular flexibility index (Phi) is 7.03. The molecule has 0 bridgehead atoms. The molecule has 1 atom stereocenters. The maximum absolute atomic E-state index is 13.8. The third kappa shape index (κ3) is 4.94. The minimum Gasteiger partial charge on any atom is -0.490 e. The van der Waals surface area contributed by atoms with E-state index in [1.165, 1.54) is 4.57 Å². The van der Waals surface area contributed by atoms with E-state index in [9.17, 15) is 9.59 Å². The minimum absolute atomic E-state index is 0.200. The van der Waals surface area contributed by atoms with Crippen molar-refractivity contribution in [1.82, 2.24) is 4.57 Å². The molecular formula is C31H31ClN2O4. The lowest BCUT2D eigenvalue weighted by molar-refractivity contribution is -0.129. The number of ether oxygens (including phenoxy) is 2. The Balaban J connectivity index is 1.79. The van der Waals surface area contributed by atoms with E-state index < -0.39 is 11.7 Å². The fourth-order valence-corrected chi connectivity index (χ4v) is 5.36. The van der Waals surface area contributed by atoms with Crippen LogP contribution in [0.2, 0.25) is 5.02 Å². The van der Waals surface area contributed by atoms with Gasteiger partial charge in [-0.05, 0) is 61.9 Å². The summed E-state index contributed by atoms with van der Waals surface area (Å²) in [5.74, 6) is 0.670. The molecule has 0 spiro atoms. The van der Waals surface area contributed by atoms with Crippen molar-refractivity contribution in [3.05, 3.63) is 92.9 Å². The zero-order valence-electron chi connectivity index (χ0n) is 22.0. The summed E-state index contributed by atoms with van der Waals surface area (Å²) in [5, 5.41) is 5.06. The van der Waals surface area contributed by atoms with Crippen LogP contribution in [0.5, 0.6) is 5.75 Å². The quantitative estimate of drug-likeness (QED) is 0.296. The van der Waals surface area contributed by atoms with E-state index in [-0.39, 0.29) is 5.56 Å². The zero-order chi connectivity index (χ0) is 27.0. The first-order valence-corrected chi connectivity index (χ1v) is 13.1. The van der Waals surface area contributed by atoms with Gasteiger partial charge in [0, 0.05) is 30.1 Å². The molecule has 0 aliphatic carbocycles. The number of halogens is 1. The lowest BCUT2D eigenvalue weighted by Crippen LogP contribution is -2.30. The maximum Gasteiger partial charge on any atom is 0.258 e. The summed E-state index contributed by atoms with van der Waals surface area (Å²) in [4.78, 5) is 26.2. The van der Waals surface area contributed by atoms with Gasteiger partial charge >= 0.3 is 0 Å². The number of hydrogen-bond acceptors (Lipinski definition) is 5. The Hall–Kier alpha value is -3.61. The molecule has 0 radical (unpaired) electrons. The molecule has 0 amide bonds. The fraction of sp³-hybridized carbons (Fsp3) is 0.290. The number of rotatable bonds is 6. The molecule has 196 valence electrons. The van der Waals surface area contributed by atoms with Gasteiger partial charge in [-0.15, -0.1) is 0 Å². The van der Waals surface area contributed by atoms with Crippen molar-refractivity contribution < 1.29 is 14.3 Å². The summed E-state index contributed by atoms with van der Waals surface area (Å²) >= 11 is 6.99. The van der Waals surface area contributed by atoms with Crippen molar-refractivity contribution in [2.75, 3.05) is 18.5 Å². The van der Waals surface area contributed by atoms with Gasteiger partial charge < -0.3 is 24.2 Å². The summed E-state index contributed by atoms with van der Waals surface area (Å²) in [7, 11) is 1.68. The average molecular weight is 531 g/mol. The number of benzene rings is 3. The number of fused-ring (bicyclic) bond motifs is 2. The molecule has 0 saturated heterocycles. The van der Waals surface area contributed by atoms with Crippen molar-refractivity contribution in [3.63, 3.8) is 0 Å². The summed E-state index contributed by atoms with van der Waals surface area (Å²) in [5.41, 5.74) is 3.89. The molecule has 38 heavy (non-hydrogen) atoms. The van der Waals surface area contributed by atoms with Crippen molar-refractivity contribution in [2.24, 2.45) is 7.05 Å². The summed E-state index contributed by atoms with van der Waals surface area (Å²) in [6.45, 7) is 6.82. The number of pyridine rings is 1. The van der Waals surface area contributed by atoms with Crippen LogP contribution < -0.4 is 15.6 Å². The molecule has 7 heteroatoms. The van der Waals surface area contributed by atoms with Gasteiger partial charge in [0.05, 0.1) is 22.0 Å². The largest absolute Gasteiger partial charge is 0.490 e. The Morgan fingerprint density at radius 2 is 1.84 bits per heavy atom. The van der Waals surface area contributed by atoms with Gasteiger partial charge in [-0.1, -0.05) is 54.1 Å². The smallest absolute Gasteiger partial charge is 0.258 e. The summed E-state index contributed by atoms with van der Waals surface area (Å²) in [6.07, 6.45) is 0.460. The highest BCUT2D eigenvalue weighted by atomic mass is 35.5. The highest BCUT2D eigenvalue weighted by molar-refractivity contribution is 6.37. The number of nitrogens with one attached hydrogen (secondary N) is 1. The molecule has 4 aromatic rings. The van der Waals surface area contributed by atoms with E-state index >= 15 is 0 Å². The number of nitrogens with zero attached hydrogens (tertiary/aromatic N) is 1. The van der Waals surface area contributed by atoms with E-state index in [1.54, 1.807) is 7.05 Å². The van der Waals surface area contributed by atoms with Gasteiger partial charge in [0.15, 0.2) is 12.4 Å². The Morgan fingerprint density at radius 3 is 2.55 bits per heavy atom. The first-order chi connectivity index (χ1) is 18.2. The molecule has 1 aliphatic heterocycles. The van der Waals surface area contributed by atoms with Crippen LogP contribution in [0, 0.1) is 0 Å². The van der Waals surface area contributed by atoms with Crippen molar-refractivity contribution in [1.29, 1.82) is 0 Å². The fourth-order valence-electron chi connectivity index (χ4n) is 5.04. The standard InChI is InChI=1S/C31H31ClN2O4/c1-31(2,3)38-25(18-35)29-26(22-12-13-24-28(27(22)32)33-14-15-37-24)21-11-10-20(16-19-8-6-5-7-9-19)17-23(21)30(36)34(29)4/h5-13,17-18,25,33H,14-16H2,1-4H3/t25-/m0/s1. The van der Waals surface area contributed by atoms with Crippen molar-refractivity contribution in [3.8, 4) is 16.9 Å². The zero-order valence-corrected chi connectivity index (χ0v) is 22.8. The number of anilines is 1. The molecule has 1 aliphatic rings. The lowest BCUT2D eigenvalue weighted by Gasteiger charge is -2.29. The van der Waals surface area contributed by atoms with Gasteiger partial charge in [0.1, 0.15) is 12.4 Å². The van der Waals surface area contributed by atoms with Crippen LogP contribution in [0.15, 0.2) is 65.5 Å². The third-order valence-corrected chi connectivity index (χ3v) is 7.06. The first kappa shape index (κ1) is 26.0. The number of aromatic nitrogens is 1. The van der Waals surface area contributed by atoms with Crippen LogP contribution in [-0.4, -0.2) is 29.6 Å². The highest BCUT2D eigenvalue weighted by Crippen LogP contribution is 2.45. The van der Waals surface area contributed by atoms with E-state index in [4.69, 9.17) is 21.1 Å². The van der Waals surface area contributed by atoms with Crippen molar-refractivity contribution >= 4 is 34.3 Å². The number of hydrogen-bond donors (Lipinski definition) is 1. The second kappa shape index (κ2) is 10.3. The average Bonchev–Trinajstić information content (AvgIpc) is 2.90. The number of carbonyl (C=O) groups excluding carboxylic acids is 1. The van der Waals surface area contributed by atoms with Crippen molar-refractivity contribution in [2.45, 2.75) is 38.9 Å². The molecule has 6 nitrogen and oxygen atoms in total. The normalized spacial score (nSPS) is 13.9. The maximum atomic E-state index is 13.8. The summed E-state index contributed by atoms with van der Waals surface area (Å²) in [6, 6.07) is 19.8. The Labute approximate surface area is 227 Å². The molecule has 0 saturated carbocycles. The van der Waals surface area contributed by atoms with Crippen LogP contribution >= 0.6 is 11.6 Å². The molecule has 5 rings (SSSR count). The summed E-state index contributed by atoms with van der Waals surface area (Å²) < 4.78 is 13.5. The third-order valence-electron chi connectivity index (χ3n) is 6.67. The predicted octanol–water partition coefficient (Wildman–Crippen LogP) is 6.31. The van der Waals surface area contributed by atoms with Crippen LogP contribution in [0.1, 0.15) is 43.7 Å². The van der Waals surface area contributed by atoms with Crippen LogP contribution in [0.25, 0.3) is 21.9 Å². The topological polar surface area (TPSA) is 69.6 Å². The Morgan fingerprint density at radius 1 is 1.08 bits per heavy atom. The SMILES string of the molecule is Cn1c([C@H](C=O)OC(C)(C)C)c(-c2ccc3c(c2Cl)NCCO3)c2ccc(Cc3ccccc3)cc2c1=O. The first-order valence-electron chi connectivity index (χ1n) is 12.7. The van der Waals surface area contributed by atoms with E-state index in [1.807, 2.05) is 69.3 Å². The van der Waals surface area contributed by atoms with Crippen LogP contribution in [0.4, 0.5) is 5.69 Å². The predicted molar refractivity (Wildman–Crippen MR) is 153 cm³/mol. The lowest BCUT2D eigenvalue weighted by atomic mass is 9.92. The van der Waals surface area contributed by atoms with Gasteiger partial charge in [0.25, 0.3) is 5.56 Å². The Bertz CT molecular complexity index is 1570. The molecule has 1 N–H and O–H groups in total. The van der Waals surface area contributed by atoms with Gasteiger partial charge in [-0.3, -0.25) is 4.79 Å². The van der Waals surface area contributed by atoms with Gasteiger partial charge in [-0.25, -0.2) is 0 Å². The van der Waals surface area contributed by atoms with Crippen LogP contribution in [-0.2, 0) is 23.0 Å². The number of aldehydes is 1. The highest BCUT2D eigenvalue weighted by Gasteiger charge is 2.29. The van der Waals surface area contributed by atoms with Gasteiger partial charge in [0.2, 0.25) is 0 Å². The minimum atomic E-state index is -0.979. The van der Waals surface area contributed by atoms with E-state index in [2.05, 4.69) is 17.4 Å². The number of carbonyl (C=O) groups is 1. The molecule has 0 unspecified atom stereocenters. The van der Waals surface area contributed by atoms with E-state index in [0.29, 0.717) is 63.6 Å². The molecule has 0 fully saturated rings. The molecular weight excluding hydrogens is 500 g/mol. The second-order valence-corrected chi connectivity index (χ2v) is 10.9. The van der Waals surface area contributed by atoms with Gasteiger partial charge in [-0.2, -0.15) is 0 Å². The molecule has 1 aromatic heterocycles. The molecule has 2 heterocycles. The second-order valence-electron chi connectivity index (χ2n) is 10.5. The molecule has 3 aromatic carbocycles.